The summed E-state index contributed by atoms with van der Waals surface area (Å²) in [7, 11) is 0. The molecule has 0 unspecified atom stereocenters. The van der Waals surface area contributed by atoms with Crippen LogP contribution >= 0.6 is 11.3 Å². The summed E-state index contributed by atoms with van der Waals surface area (Å²) in [5.74, 6) is -0.907. The Morgan fingerprint density at radius 3 is 2.82 bits per heavy atom. The zero-order valence-corrected chi connectivity index (χ0v) is 12.6. The fourth-order valence-corrected chi connectivity index (χ4v) is 2.32. The number of amides is 2. The van der Waals surface area contributed by atoms with Crippen molar-refractivity contribution in [3.05, 3.63) is 41.2 Å². The van der Waals surface area contributed by atoms with Crippen LogP contribution in [0.4, 0.5) is 20.0 Å². The zero-order valence-electron chi connectivity index (χ0n) is 11.8. The molecule has 22 heavy (non-hydrogen) atoms. The molecule has 0 aliphatic rings. The van der Waals surface area contributed by atoms with Crippen LogP contribution < -0.4 is 10.6 Å². The first-order valence-corrected chi connectivity index (χ1v) is 7.39. The molecule has 8 heteroatoms. The highest BCUT2D eigenvalue weighted by atomic mass is 32.1. The van der Waals surface area contributed by atoms with Crippen molar-refractivity contribution >= 4 is 34.2 Å². The van der Waals surface area contributed by atoms with Gasteiger partial charge in [0.15, 0.2) is 5.13 Å². The van der Waals surface area contributed by atoms with Gasteiger partial charge in [0.1, 0.15) is 5.82 Å². The molecular formula is C14H14FN3O3S. The summed E-state index contributed by atoms with van der Waals surface area (Å²) < 4.78 is 18.2. The number of esters is 1. The maximum atomic E-state index is 13.4. The van der Waals surface area contributed by atoms with E-state index in [-0.39, 0.29) is 18.1 Å². The van der Waals surface area contributed by atoms with Gasteiger partial charge in [-0.1, -0.05) is 12.1 Å². The first-order chi connectivity index (χ1) is 10.6. The molecule has 116 valence electrons. The summed E-state index contributed by atoms with van der Waals surface area (Å²) in [5.41, 5.74) is 0.577. The third-order valence-electron chi connectivity index (χ3n) is 2.53. The molecule has 2 rings (SSSR count). The van der Waals surface area contributed by atoms with Gasteiger partial charge in [0.05, 0.1) is 24.4 Å². The minimum Gasteiger partial charge on any atom is -0.466 e. The highest BCUT2D eigenvalue weighted by Crippen LogP contribution is 2.17. The Labute approximate surface area is 130 Å². The van der Waals surface area contributed by atoms with E-state index in [1.807, 2.05) is 0 Å². The summed E-state index contributed by atoms with van der Waals surface area (Å²) in [6.07, 6.45) is 0.0426. The summed E-state index contributed by atoms with van der Waals surface area (Å²) in [5, 5.41) is 6.82. The van der Waals surface area contributed by atoms with Gasteiger partial charge < -0.3 is 10.1 Å². The Bertz CT molecular complexity index is 675. The lowest BCUT2D eigenvalue weighted by Gasteiger charge is -2.05. The fraction of sp³-hybridized carbons (Fsp3) is 0.214. The summed E-state index contributed by atoms with van der Waals surface area (Å²) in [6.45, 7) is 2.03. The number of hydrogen-bond acceptors (Lipinski definition) is 5. The van der Waals surface area contributed by atoms with Crippen molar-refractivity contribution in [3.8, 4) is 0 Å². The number of ether oxygens (including phenoxy) is 1. The van der Waals surface area contributed by atoms with Crippen LogP contribution in [0.1, 0.15) is 12.6 Å². The van der Waals surface area contributed by atoms with E-state index in [9.17, 15) is 14.0 Å². The number of rotatable bonds is 5. The van der Waals surface area contributed by atoms with Crippen molar-refractivity contribution < 1.29 is 18.7 Å². The number of thiazole rings is 1. The number of carbonyl (C=O) groups is 2. The van der Waals surface area contributed by atoms with E-state index in [4.69, 9.17) is 4.74 Å². The van der Waals surface area contributed by atoms with Gasteiger partial charge in [0.2, 0.25) is 0 Å². The van der Waals surface area contributed by atoms with Crippen molar-refractivity contribution in [2.45, 2.75) is 13.3 Å². The highest BCUT2D eigenvalue weighted by molar-refractivity contribution is 7.13. The predicted molar refractivity (Wildman–Crippen MR) is 81.5 cm³/mol. The number of aromatic nitrogens is 1. The van der Waals surface area contributed by atoms with E-state index < -0.39 is 11.8 Å². The number of benzene rings is 1. The van der Waals surface area contributed by atoms with E-state index >= 15 is 0 Å². The van der Waals surface area contributed by atoms with Crippen LogP contribution in [-0.2, 0) is 16.0 Å². The average molecular weight is 323 g/mol. The van der Waals surface area contributed by atoms with E-state index in [2.05, 4.69) is 15.6 Å². The number of halogens is 1. The molecule has 0 aliphatic carbocycles. The van der Waals surface area contributed by atoms with Crippen molar-refractivity contribution in [1.82, 2.24) is 4.98 Å². The summed E-state index contributed by atoms with van der Waals surface area (Å²) in [6, 6.07) is 5.22. The normalized spacial score (nSPS) is 10.1. The molecule has 0 spiro atoms. The van der Waals surface area contributed by atoms with E-state index in [0.29, 0.717) is 17.4 Å². The predicted octanol–water partition coefficient (Wildman–Crippen LogP) is 3.03. The van der Waals surface area contributed by atoms with E-state index in [1.165, 1.54) is 29.5 Å². The number of carbonyl (C=O) groups excluding carboxylic acids is 2. The van der Waals surface area contributed by atoms with Crippen molar-refractivity contribution in [2.75, 3.05) is 17.2 Å². The van der Waals surface area contributed by atoms with E-state index in [1.54, 1.807) is 18.4 Å². The Hall–Kier alpha value is -2.48. The molecule has 0 fully saturated rings. The first kappa shape index (κ1) is 15.9. The number of anilines is 2. The largest absolute Gasteiger partial charge is 0.466 e. The average Bonchev–Trinajstić information content (AvgIpc) is 2.88. The molecule has 0 radical (unpaired) electrons. The van der Waals surface area contributed by atoms with Crippen molar-refractivity contribution in [1.29, 1.82) is 0 Å². The number of hydrogen-bond donors (Lipinski definition) is 2. The summed E-state index contributed by atoms with van der Waals surface area (Å²) in [4.78, 5) is 27.2. The Kier molecular flexibility index (Phi) is 5.42. The first-order valence-electron chi connectivity index (χ1n) is 6.51. The second kappa shape index (κ2) is 7.51. The highest BCUT2D eigenvalue weighted by Gasteiger charge is 2.11. The van der Waals surface area contributed by atoms with Crippen LogP contribution in [0, 0.1) is 5.82 Å². The second-order valence-corrected chi connectivity index (χ2v) is 5.04. The van der Waals surface area contributed by atoms with Crippen LogP contribution in [0.15, 0.2) is 29.6 Å². The molecule has 0 bridgehead atoms. The lowest BCUT2D eigenvalue weighted by molar-refractivity contribution is -0.142. The van der Waals surface area contributed by atoms with Crippen molar-refractivity contribution in [2.24, 2.45) is 0 Å². The lowest BCUT2D eigenvalue weighted by Crippen LogP contribution is -2.20. The molecule has 2 aromatic rings. The van der Waals surface area contributed by atoms with Gasteiger partial charge in [-0.15, -0.1) is 11.3 Å². The molecule has 1 aromatic carbocycles. The molecule has 2 amide bonds. The van der Waals surface area contributed by atoms with Crippen LogP contribution in [0.3, 0.4) is 0 Å². The minimum atomic E-state index is -0.609. The Balaban J connectivity index is 1.91. The maximum Gasteiger partial charge on any atom is 0.325 e. The van der Waals surface area contributed by atoms with Crippen LogP contribution in [0.25, 0.3) is 0 Å². The van der Waals surface area contributed by atoms with Crippen molar-refractivity contribution in [3.63, 3.8) is 0 Å². The number of para-hydroxylation sites is 1. The monoisotopic (exact) mass is 323 g/mol. The molecule has 0 aliphatic heterocycles. The van der Waals surface area contributed by atoms with Crippen LogP contribution in [-0.4, -0.2) is 23.6 Å². The topological polar surface area (TPSA) is 80.3 Å². The van der Waals surface area contributed by atoms with Gasteiger partial charge in [0, 0.05) is 5.38 Å². The Morgan fingerprint density at radius 1 is 1.32 bits per heavy atom. The molecule has 0 saturated carbocycles. The van der Waals surface area contributed by atoms with Gasteiger partial charge in [-0.2, -0.15) is 0 Å². The van der Waals surface area contributed by atoms with Gasteiger partial charge in [-0.3, -0.25) is 10.1 Å². The van der Waals surface area contributed by atoms with E-state index in [0.717, 1.165) is 0 Å². The number of nitrogens with one attached hydrogen (secondary N) is 2. The standard InChI is InChI=1S/C14H14FN3O3S/c1-2-21-12(19)7-9-8-22-14(16-9)18-13(20)17-11-6-4-3-5-10(11)15/h3-6,8H,2,7H2,1H3,(H2,16,17,18,20). The third kappa shape index (κ3) is 4.52. The molecule has 0 atom stereocenters. The minimum absolute atomic E-state index is 0.0426. The van der Waals surface area contributed by atoms with Crippen LogP contribution in [0.5, 0.6) is 0 Å². The molecule has 1 heterocycles. The molecule has 6 nitrogen and oxygen atoms in total. The lowest BCUT2D eigenvalue weighted by atomic mass is 10.3. The maximum absolute atomic E-state index is 13.4. The molecule has 0 saturated heterocycles. The number of nitrogens with zero attached hydrogens (tertiary/aromatic N) is 1. The van der Waals surface area contributed by atoms with Crippen LogP contribution in [0.2, 0.25) is 0 Å². The second-order valence-electron chi connectivity index (χ2n) is 4.18. The fourth-order valence-electron chi connectivity index (χ4n) is 1.62. The number of urea groups is 1. The zero-order chi connectivity index (χ0) is 15.9. The molecular weight excluding hydrogens is 309 g/mol. The molecule has 1 aromatic heterocycles. The van der Waals surface area contributed by atoms with Gasteiger partial charge in [-0.25, -0.2) is 14.2 Å². The summed E-state index contributed by atoms with van der Waals surface area (Å²) >= 11 is 1.17. The third-order valence-corrected chi connectivity index (χ3v) is 3.33. The smallest absolute Gasteiger partial charge is 0.325 e. The molecule has 2 N–H and O–H groups in total. The Morgan fingerprint density at radius 2 is 2.09 bits per heavy atom. The van der Waals surface area contributed by atoms with Gasteiger partial charge >= 0.3 is 12.0 Å². The quantitative estimate of drug-likeness (QED) is 0.829. The van der Waals surface area contributed by atoms with Gasteiger partial charge in [0.25, 0.3) is 0 Å². The SMILES string of the molecule is CCOC(=O)Cc1csc(NC(=O)Nc2ccccc2F)n1. The van der Waals surface area contributed by atoms with Gasteiger partial charge in [-0.05, 0) is 19.1 Å².